The summed E-state index contributed by atoms with van der Waals surface area (Å²) in [7, 11) is -2.13. The van der Waals surface area contributed by atoms with Gasteiger partial charge in [0.15, 0.2) is 15.6 Å². The Morgan fingerprint density at radius 2 is 1.71 bits per heavy atom. The molecule has 146 valence electrons. The zero-order valence-corrected chi connectivity index (χ0v) is 15.8. The maximum absolute atomic E-state index is 12.9. The molecule has 1 amide bonds. The van der Waals surface area contributed by atoms with E-state index < -0.39 is 15.7 Å². The summed E-state index contributed by atoms with van der Waals surface area (Å²) in [5.74, 6) is -0.506. The lowest BCUT2D eigenvalue weighted by Crippen LogP contribution is -2.22. The number of halogens is 1. The highest BCUT2D eigenvalue weighted by atomic mass is 32.2. The summed E-state index contributed by atoms with van der Waals surface area (Å²) in [5.41, 5.74) is 0.726. The minimum Gasteiger partial charge on any atom is -0.497 e. The maximum Gasteiger partial charge on any atom is 0.287 e. The van der Waals surface area contributed by atoms with Gasteiger partial charge in [0.1, 0.15) is 23.1 Å². The zero-order chi connectivity index (χ0) is 20.1. The second kappa shape index (κ2) is 8.26. The molecule has 1 aromatic heterocycles. The number of amides is 1. The van der Waals surface area contributed by atoms with Crippen LogP contribution >= 0.6 is 0 Å². The van der Waals surface area contributed by atoms with Crippen LogP contribution in [0.15, 0.2) is 70.0 Å². The van der Waals surface area contributed by atoms with E-state index >= 15 is 0 Å². The summed E-state index contributed by atoms with van der Waals surface area (Å²) < 4.78 is 48.3. The van der Waals surface area contributed by atoms with Gasteiger partial charge in [0.25, 0.3) is 5.91 Å². The molecule has 2 aromatic carbocycles. The van der Waals surface area contributed by atoms with Gasteiger partial charge < -0.3 is 14.5 Å². The third-order valence-electron chi connectivity index (χ3n) is 4.00. The Bertz CT molecular complexity index is 1060. The van der Waals surface area contributed by atoms with Crippen LogP contribution in [-0.2, 0) is 22.1 Å². The van der Waals surface area contributed by atoms with E-state index in [4.69, 9.17) is 9.15 Å². The second-order valence-corrected chi connectivity index (χ2v) is 8.00. The summed E-state index contributed by atoms with van der Waals surface area (Å²) in [4.78, 5) is 12.3. The van der Waals surface area contributed by atoms with Crippen molar-refractivity contribution in [1.29, 1.82) is 0 Å². The summed E-state index contributed by atoms with van der Waals surface area (Å²) in [6.45, 7) is 0.194. The normalized spacial score (nSPS) is 11.2. The molecule has 0 fully saturated rings. The molecule has 0 unspecified atom stereocenters. The fourth-order valence-electron chi connectivity index (χ4n) is 2.50. The number of sulfone groups is 1. The van der Waals surface area contributed by atoms with E-state index in [0.29, 0.717) is 5.75 Å². The number of hydrogen-bond donors (Lipinski definition) is 1. The molecule has 0 bridgehead atoms. The van der Waals surface area contributed by atoms with Crippen LogP contribution in [0, 0.1) is 5.82 Å². The molecule has 0 aliphatic heterocycles. The van der Waals surface area contributed by atoms with Gasteiger partial charge in [0, 0.05) is 6.54 Å². The SMILES string of the molecule is COc1ccc(S(=O)(=O)Cc2ccc(C(=O)NCc3ccc(F)cc3)o2)cc1. The predicted molar refractivity (Wildman–Crippen MR) is 100 cm³/mol. The number of hydrogen-bond acceptors (Lipinski definition) is 5. The first-order valence-electron chi connectivity index (χ1n) is 8.35. The van der Waals surface area contributed by atoms with Crippen molar-refractivity contribution < 1.29 is 26.8 Å². The molecule has 0 saturated heterocycles. The first-order valence-corrected chi connectivity index (χ1v) is 10.0. The maximum atomic E-state index is 12.9. The Morgan fingerprint density at radius 1 is 1.04 bits per heavy atom. The number of nitrogens with one attached hydrogen (secondary N) is 1. The summed E-state index contributed by atoms with van der Waals surface area (Å²) >= 11 is 0. The van der Waals surface area contributed by atoms with Crippen LogP contribution in [0.2, 0.25) is 0 Å². The molecule has 0 radical (unpaired) electrons. The fraction of sp³-hybridized carbons (Fsp3) is 0.150. The number of methoxy groups -OCH3 is 1. The number of benzene rings is 2. The summed E-state index contributed by atoms with van der Waals surface area (Å²) in [6.07, 6.45) is 0. The molecular weight excluding hydrogens is 385 g/mol. The zero-order valence-electron chi connectivity index (χ0n) is 15.0. The van der Waals surface area contributed by atoms with E-state index in [1.165, 1.54) is 43.5 Å². The molecule has 0 aliphatic carbocycles. The number of rotatable bonds is 7. The molecule has 1 N–H and O–H groups in total. The Kier molecular flexibility index (Phi) is 5.79. The molecule has 0 atom stereocenters. The highest BCUT2D eigenvalue weighted by molar-refractivity contribution is 7.90. The van der Waals surface area contributed by atoms with Gasteiger partial charge in [0.2, 0.25) is 0 Å². The van der Waals surface area contributed by atoms with Gasteiger partial charge in [-0.05, 0) is 54.1 Å². The first kappa shape index (κ1) is 19.6. The predicted octanol–water partition coefficient (Wildman–Crippen LogP) is 3.33. The van der Waals surface area contributed by atoms with Crippen molar-refractivity contribution in [3.05, 3.63) is 83.6 Å². The van der Waals surface area contributed by atoms with Crippen LogP contribution in [-0.4, -0.2) is 21.4 Å². The number of ether oxygens (including phenoxy) is 1. The monoisotopic (exact) mass is 403 g/mol. The molecule has 1 heterocycles. The summed E-state index contributed by atoms with van der Waals surface area (Å²) in [5, 5.41) is 2.64. The van der Waals surface area contributed by atoms with E-state index in [1.54, 1.807) is 24.3 Å². The third-order valence-corrected chi connectivity index (χ3v) is 5.66. The van der Waals surface area contributed by atoms with Gasteiger partial charge in [-0.2, -0.15) is 0 Å². The van der Waals surface area contributed by atoms with Crippen LogP contribution in [0.5, 0.6) is 5.75 Å². The number of carbonyl (C=O) groups excluding carboxylic acids is 1. The first-order chi connectivity index (χ1) is 13.4. The number of furan rings is 1. The van der Waals surface area contributed by atoms with Crippen LogP contribution < -0.4 is 10.1 Å². The topological polar surface area (TPSA) is 85.6 Å². The molecule has 8 heteroatoms. The fourth-order valence-corrected chi connectivity index (χ4v) is 3.75. The van der Waals surface area contributed by atoms with E-state index in [1.807, 2.05) is 0 Å². The van der Waals surface area contributed by atoms with Crippen LogP contribution in [0.25, 0.3) is 0 Å². The molecule has 0 aliphatic rings. The summed E-state index contributed by atoms with van der Waals surface area (Å²) in [6, 6.07) is 14.6. The smallest absolute Gasteiger partial charge is 0.287 e. The van der Waals surface area contributed by atoms with Crippen molar-refractivity contribution >= 4 is 15.7 Å². The van der Waals surface area contributed by atoms with Crippen LogP contribution in [0.4, 0.5) is 4.39 Å². The lowest BCUT2D eigenvalue weighted by atomic mass is 10.2. The highest BCUT2D eigenvalue weighted by Gasteiger charge is 2.19. The Morgan fingerprint density at radius 3 is 2.36 bits per heavy atom. The van der Waals surface area contributed by atoms with E-state index in [2.05, 4.69) is 5.32 Å². The van der Waals surface area contributed by atoms with E-state index in [9.17, 15) is 17.6 Å². The van der Waals surface area contributed by atoms with Crippen molar-refractivity contribution in [2.75, 3.05) is 7.11 Å². The van der Waals surface area contributed by atoms with Crippen molar-refractivity contribution in [2.45, 2.75) is 17.2 Å². The quantitative estimate of drug-likeness (QED) is 0.654. The Balaban J connectivity index is 1.63. The van der Waals surface area contributed by atoms with Gasteiger partial charge in [0.05, 0.1) is 12.0 Å². The van der Waals surface area contributed by atoms with Gasteiger partial charge in [-0.3, -0.25) is 4.79 Å². The van der Waals surface area contributed by atoms with E-state index in [-0.39, 0.29) is 34.5 Å². The van der Waals surface area contributed by atoms with E-state index in [0.717, 1.165) is 5.56 Å². The Labute approximate surface area is 161 Å². The molecular formula is C20H18FNO5S. The van der Waals surface area contributed by atoms with Crippen LogP contribution in [0.1, 0.15) is 21.9 Å². The average molecular weight is 403 g/mol. The molecule has 0 saturated carbocycles. The Hall–Kier alpha value is -3.13. The highest BCUT2D eigenvalue weighted by Crippen LogP contribution is 2.21. The van der Waals surface area contributed by atoms with Gasteiger partial charge in [-0.25, -0.2) is 12.8 Å². The average Bonchev–Trinajstić information content (AvgIpc) is 3.15. The van der Waals surface area contributed by atoms with Gasteiger partial charge >= 0.3 is 0 Å². The molecule has 3 rings (SSSR count). The lowest BCUT2D eigenvalue weighted by Gasteiger charge is -2.05. The standard InChI is InChI=1S/C20H18FNO5S/c1-26-16-6-9-18(10-7-16)28(24,25)13-17-8-11-19(27-17)20(23)22-12-14-2-4-15(21)5-3-14/h2-11H,12-13H2,1H3,(H,22,23). The minimum atomic E-state index is -3.63. The number of carbonyl (C=O) groups is 1. The second-order valence-electron chi connectivity index (χ2n) is 6.01. The van der Waals surface area contributed by atoms with Gasteiger partial charge in [-0.1, -0.05) is 12.1 Å². The van der Waals surface area contributed by atoms with Crippen molar-refractivity contribution in [2.24, 2.45) is 0 Å². The molecule has 3 aromatic rings. The van der Waals surface area contributed by atoms with Crippen molar-refractivity contribution in [1.82, 2.24) is 5.32 Å². The molecule has 28 heavy (non-hydrogen) atoms. The minimum absolute atomic E-state index is 0.00189. The van der Waals surface area contributed by atoms with Crippen molar-refractivity contribution in [3.8, 4) is 5.75 Å². The lowest BCUT2D eigenvalue weighted by molar-refractivity contribution is 0.0921. The third kappa shape index (κ3) is 4.77. The van der Waals surface area contributed by atoms with Crippen molar-refractivity contribution in [3.63, 3.8) is 0 Å². The molecule has 0 spiro atoms. The molecule has 6 nitrogen and oxygen atoms in total. The largest absolute Gasteiger partial charge is 0.497 e. The van der Waals surface area contributed by atoms with Gasteiger partial charge in [-0.15, -0.1) is 0 Å². The van der Waals surface area contributed by atoms with Crippen LogP contribution in [0.3, 0.4) is 0 Å².